The van der Waals surface area contributed by atoms with Gasteiger partial charge in [-0.25, -0.2) is 10.1 Å². The van der Waals surface area contributed by atoms with Crippen LogP contribution in [0.15, 0.2) is 48.5 Å². The molecular formula is C22H26O5. The van der Waals surface area contributed by atoms with Gasteiger partial charge in [0.1, 0.15) is 0 Å². The third-order valence-electron chi connectivity index (χ3n) is 5.87. The van der Waals surface area contributed by atoms with Gasteiger partial charge in [-0.15, -0.1) is 0 Å². The lowest BCUT2D eigenvalue weighted by Gasteiger charge is -2.33. The maximum Gasteiger partial charge on any atom is 0.234 e. The molecule has 0 unspecified atom stereocenters. The summed E-state index contributed by atoms with van der Waals surface area (Å²) >= 11 is 0. The Morgan fingerprint density at radius 1 is 0.630 bits per heavy atom. The summed E-state index contributed by atoms with van der Waals surface area (Å²) in [5.74, 6) is -2.67. The molecule has 0 atom stereocenters. The average molecular weight is 370 g/mol. The van der Waals surface area contributed by atoms with Crippen molar-refractivity contribution in [1.82, 2.24) is 0 Å². The van der Waals surface area contributed by atoms with Crippen molar-refractivity contribution < 1.29 is 25.0 Å². The SMILES string of the molecule is OOC1(OOC2(O)CCc3ccccc3CC2)CCc2ccccc2CC1. The smallest absolute Gasteiger partial charge is 0.234 e. The molecule has 0 amide bonds. The van der Waals surface area contributed by atoms with Crippen molar-refractivity contribution in [2.75, 3.05) is 0 Å². The van der Waals surface area contributed by atoms with Gasteiger partial charge in [0.25, 0.3) is 0 Å². The predicted molar refractivity (Wildman–Crippen MR) is 99.7 cm³/mol. The van der Waals surface area contributed by atoms with Gasteiger partial charge in [-0.2, -0.15) is 9.78 Å². The van der Waals surface area contributed by atoms with Crippen molar-refractivity contribution in [3.05, 3.63) is 70.8 Å². The molecule has 0 aliphatic heterocycles. The largest absolute Gasteiger partial charge is 0.363 e. The molecule has 0 saturated heterocycles. The van der Waals surface area contributed by atoms with Crippen LogP contribution in [0.1, 0.15) is 47.9 Å². The molecule has 0 heterocycles. The lowest BCUT2D eigenvalue weighted by molar-refractivity contribution is -0.545. The molecule has 2 aromatic carbocycles. The van der Waals surface area contributed by atoms with E-state index in [9.17, 15) is 10.4 Å². The van der Waals surface area contributed by atoms with E-state index in [1.54, 1.807) is 0 Å². The summed E-state index contributed by atoms with van der Waals surface area (Å²) in [6, 6.07) is 16.4. The van der Waals surface area contributed by atoms with Crippen LogP contribution in [0.2, 0.25) is 0 Å². The van der Waals surface area contributed by atoms with Crippen molar-refractivity contribution in [1.29, 1.82) is 0 Å². The first-order valence-corrected chi connectivity index (χ1v) is 9.67. The van der Waals surface area contributed by atoms with Crippen molar-refractivity contribution in [2.45, 2.75) is 62.9 Å². The molecule has 0 bridgehead atoms. The minimum Gasteiger partial charge on any atom is -0.363 e. The maximum absolute atomic E-state index is 10.9. The molecule has 0 radical (unpaired) electrons. The number of fused-ring (bicyclic) bond motifs is 2. The van der Waals surface area contributed by atoms with Crippen LogP contribution in [0.5, 0.6) is 0 Å². The van der Waals surface area contributed by atoms with Crippen LogP contribution in [0.4, 0.5) is 0 Å². The van der Waals surface area contributed by atoms with E-state index in [1.165, 1.54) is 22.3 Å². The number of aryl methyl sites for hydroxylation is 4. The summed E-state index contributed by atoms with van der Waals surface area (Å²) in [5.41, 5.74) is 4.91. The Balaban J connectivity index is 1.42. The minimum atomic E-state index is -1.40. The fourth-order valence-corrected chi connectivity index (χ4v) is 4.08. The van der Waals surface area contributed by atoms with E-state index >= 15 is 0 Å². The molecule has 2 aliphatic carbocycles. The molecule has 144 valence electrons. The van der Waals surface area contributed by atoms with Crippen LogP contribution in [0.25, 0.3) is 0 Å². The Hall–Kier alpha value is -1.76. The quantitative estimate of drug-likeness (QED) is 0.369. The summed E-state index contributed by atoms with van der Waals surface area (Å²) in [6.07, 6.45) is 4.64. The second-order valence-corrected chi connectivity index (χ2v) is 7.65. The first-order chi connectivity index (χ1) is 13.1. The van der Waals surface area contributed by atoms with Crippen molar-refractivity contribution in [2.24, 2.45) is 0 Å². The lowest BCUT2D eigenvalue weighted by atomic mass is 10.0. The van der Waals surface area contributed by atoms with Gasteiger partial charge < -0.3 is 5.11 Å². The van der Waals surface area contributed by atoms with Gasteiger partial charge in [-0.05, 0) is 47.9 Å². The standard InChI is InChI=1S/C22H26O5/c23-21(13-9-17-5-1-2-6-18(17)10-14-21)26-27-22(25-24)15-11-19-7-3-4-8-20(19)12-16-22/h1-8,23-24H,9-16H2. The zero-order valence-electron chi connectivity index (χ0n) is 15.4. The molecule has 2 N–H and O–H groups in total. The molecule has 5 nitrogen and oxygen atoms in total. The van der Waals surface area contributed by atoms with E-state index in [1.807, 2.05) is 24.3 Å². The third-order valence-corrected chi connectivity index (χ3v) is 5.87. The summed E-state index contributed by atoms with van der Waals surface area (Å²) in [5, 5.41) is 20.5. The molecule has 2 aromatic rings. The van der Waals surface area contributed by atoms with Gasteiger partial charge in [0.05, 0.1) is 0 Å². The van der Waals surface area contributed by atoms with Crippen LogP contribution in [-0.2, 0) is 40.3 Å². The predicted octanol–water partition coefficient (Wildman–Crippen LogP) is 3.97. The molecule has 0 aromatic heterocycles. The average Bonchev–Trinajstić information content (AvgIpc) is 3.01. The number of hydrogen-bond donors (Lipinski definition) is 2. The van der Waals surface area contributed by atoms with E-state index < -0.39 is 11.6 Å². The number of rotatable bonds is 4. The molecule has 4 rings (SSSR count). The van der Waals surface area contributed by atoms with Gasteiger partial charge in [-0.3, -0.25) is 0 Å². The zero-order valence-corrected chi connectivity index (χ0v) is 15.4. The Kier molecular flexibility index (Phi) is 5.30. The molecular weight excluding hydrogens is 344 g/mol. The second kappa shape index (κ2) is 7.70. The molecule has 0 spiro atoms. The Labute approximate surface area is 159 Å². The summed E-state index contributed by atoms with van der Waals surface area (Å²) in [7, 11) is 0. The van der Waals surface area contributed by atoms with Crippen LogP contribution < -0.4 is 0 Å². The normalized spacial score (nSPS) is 20.8. The highest BCUT2D eigenvalue weighted by Gasteiger charge is 2.41. The van der Waals surface area contributed by atoms with E-state index in [0.29, 0.717) is 51.4 Å². The first-order valence-electron chi connectivity index (χ1n) is 9.67. The van der Waals surface area contributed by atoms with Gasteiger partial charge in [0, 0.05) is 25.7 Å². The Morgan fingerprint density at radius 2 is 1.04 bits per heavy atom. The highest BCUT2D eigenvalue weighted by atomic mass is 17.3. The van der Waals surface area contributed by atoms with Gasteiger partial charge in [-0.1, -0.05) is 48.5 Å². The molecule has 2 aliphatic rings. The fourth-order valence-electron chi connectivity index (χ4n) is 4.08. The number of hydrogen-bond acceptors (Lipinski definition) is 5. The van der Waals surface area contributed by atoms with E-state index in [-0.39, 0.29) is 0 Å². The third kappa shape index (κ3) is 4.08. The Bertz CT molecular complexity index is 734. The van der Waals surface area contributed by atoms with E-state index in [4.69, 9.17) is 14.7 Å². The van der Waals surface area contributed by atoms with E-state index in [0.717, 1.165) is 0 Å². The van der Waals surface area contributed by atoms with E-state index in [2.05, 4.69) is 24.3 Å². The summed E-state index contributed by atoms with van der Waals surface area (Å²) < 4.78 is 0. The van der Waals surface area contributed by atoms with Crippen LogP contribution >= 0.6 is 0 Å². The lowest BCUT2D eigenvalue weighted by Crippen LogP contribution is -2.42. The van der Waals surface area contributed by atoms with Crippen LogP contribution in [-0.4, -0.2) is 21.9 Å². The molecule has 0 fully saturated rings. The fraction of sp³-hybridized carbons (Fsp3) is 0.455. The minimum absolute atomic E-state index is 0.436. The number of aliphatic hydroxyl groups is 1. The summed E-state index contributed by atoms with van der Waals surface area (Å²) in [4.78, 5) is 15.9. The van der Waals surface area contributed by atoms with Gasteiger partial charge in [0.2, 0.25) is 5.79 Å². The molecule has 0 saturated carbocycles. The van der Waals surface area contributed by atoms with Crippen molar-refractivity contribution in [3.63, 3.8) is 0 Å². The first kappa shape index (κ1) is 18.6. The van der Waals surface area contributed by atoms with Gasteiger partial charge in [0.15, 0.2) is 5.79 Å². The maximum atomic E-state index is 10.9. The van der Waals surface area contributed by atoms with Crippen molar-refractivity contribution >= 4 is 0 Å². The molecule has 27 heavy (non-hydrogen) atoms. The topological polar surface area (TPSA) is 68.2 Å². The van der Waals surface area contributed by atoms with Gasteiger partial charge >= 0.3 is 0 Å². The Morgan fingerprint density at radius 3 is 1.44 bits per heavy atom. The van der Waals surface area contributed by atoms with Crippen LogP contribution in [0, 0.1) is 0 Å². The highest BCUT2D eigenvalue weighted by Crippen LogP contribution is 2.35. The highest BCUT2D eigenvalue weighted by molar-refractivity contribution is 5.29. The zero-order chi connectivity index (χ0) is 18.7. The molecule has 5 heteroatoms. The van der Waals surface area contributed by atoms with Crippen molar-refractivity contribution in [3.8, 4) is 0 Å². The monoisotopic (exact) mass is 370 g/mol. The second-order valence-electron chi connectivity index (χ2n) is 7.65. The summed E-state index contributed by atoms with van der Waals surface area (Å²) in [6.45, 7) is 0. The number of benzene rings is 2. The van der Waals surface area contributed by atoms with Crippen LogP contribution in [0.3, 0.4) is 0 Å².